The molecule has 0 aromatic heterocycles. The van der Waals surface area contributed by atoms with Gasteiger partial charge in [0.1, 0.15) is 0 Å². The second-order valence-corrected chi connectivity index (χ2v) is 4.67. The highest BCUT2D eigenvalue weighted by Crippen LogP contribution is 2.54. The molecule has 4 unspecified atom stereocenters. The Labute approximate surface area is 70.4 Å². The minimum Gasteiger partial charge on any atom is -0.0654 e. The van der Waals surface area contributed by atoms with E-state index in [1.54, 1.807) is 19.3 Å². The van der Waals surface area contributed by atoms with E-state index in [1.165, 1.54) is 12.8 Å². The van der Waals surface area contributed by atoms with Crippen molar-refractivity contribution in [3.05, 3.63) is 0 Å². The van der Waals surface area contributed by atoms with Crippen molar-refractivity contribution in [3.8, 4) is 0 Å². The zero-order valence-electron chi connectivity index (χ0n) is 7.84. The summed E-state index contributed by atoms with van der Waals surface area (Å²) in [7, 11) is 0. The lowest BCUT2D eigenvalue weighted by Crippen LogP contribution is -2.08. The Morgan fingerprint density at radius 2 is 2.09 bits per heavy atom. The summed E-state index contributed by atoms with van der Waals surface area (Å²) in [6, 6.07) is 0. The quantitative estimate of drug-likeness (QED) is 0.568. The molecular weight excluding hydrogens is 132 g/mol. The van der Waals surface area contributed by atoms with Crippen LogP contribution in [0, 0.1) is 23.7 Å². The van der Waals surface area contributed by atoms with Crippen molar-refractivity contribution in [3.63, 3.8) is 0 Å². The summed E-state index contributed by atoms with van der Waals surface area (Å²) >= 11 is 0. The number of rotatable bonds is 2. The Morgan fingerprint density at radius 3 is 2.55 bits per heavy atom. The number of hydrogen-bond donors (Lipinski definition) is 0. The lowest BCUT2D eigenvalue weighted by molar-refractivity contribution is 0.329. The van der Waals surface area contributed by atoms with Crippen LogP contribution in [0.4, 0.5) is 0 Å². The Hall–Kier alpha value is 0. The van der Waals surface area contributed by atoms with E-state index < -0.39 is 0 Å². The first-order chi connectivity index (χ1) is 5.33. The Balaban J connectivity index is 2.01. The van der Waals surface area contributed by atoms with E-state index in [9.17, 15) is 0 Å². The lowest BCUT2D eigenvalue weighted by Gasteiger charge is -2.17. The first-order valence-electron chi connectivity index (χ1n) is 5.33. The highest BCUT2D eigenvalue weighted by Gasteiger charge is 2.44. The Bertz CT molecular complexity index is 139. The molecule has 2 saturated carbocycles. The minimum absolute atomic E-state index is 1.06. The van der Waals surface area contributed by atoms with Gasteiger partial charge in [0.05, 0.1) is 0 Å². The monoisotopic (exact) mass is 152 g/mol. The van der Waals surface area contributed by atoms with Crippen molar-refractivity contribution >= 4 is 0 Å². The third-order valence-corrected chi connectivity index (χ3v) is 4.05. The summed E-state index contributed by atoms with van der Waals surface area (Å²) in [4.78, 5) is 0. The van der Waals surface area contributed by atoms with Crippen molar-refractivity contribution in [1.82, 2.24) is 0 Å². The Kier molecular flexibility index (Phi) is 1.95. The molecule has 2 aliphatic carbocycles. The molecule has 2 aliphatic rings. The van der Waals surface area contributed by atoms with Gasteiger partial charge in [-0.1, -0.05) is 26.7 Å². The molecule has 2 bridgehead atoms. The Morgan fingerprint density at radius 1 is 1.27 bits per heavy atom. The molecule has 0 spiro atoms. The van der Waals surface area contributed by atoms with Crippen molar-refractivity contribution in [2.45, 2.75) is 46.0 Å². The molecule has 0 heteroatoms. The van der Waals surface area contributed by atoms with Gasteiger partial charge in [0.2, 0.25) is 0 Å². The van der Waals surface area contributed by atoms with Gasteiger partial charge >= 0.3 is 0 Å². The van der Waals surface area contributed by atoms with E-state index >= 15 is 0 Å². The molecule has 11 heavy (non-hydrogen) atoms. The first-order valence-corrected chi connectivity index (χ1v) is 5.33. The highest BCUT2D eigenvalue weighted by molar-refractivity contribution is 4.94. The predicted molar refractivity (Wildman–Crippen MR) is 48.4 cm³/mol. The molecule has 0 heterocycles. The van der Waals surface area contributed by atoms with Crippen LogP contribution in [0.1, 0.15) is 46.0 Å². The highest BCUT2D eigenvalue weighted by atomic mass is 14.5. The van der Waals surface area contributed by atoms with Crippen LogP contribution >= 0.6 is 0 Å². The van der Waals surface area contributed by atoms with Gasteiger partial charge in [-0.05, 0) is 42.9 Å². The largest absolute Gasteiger partial charge is 0.0654 e. The number of hydrogen-bond acceptors (Lipinski definition) is 0. The van der Waals surface area contributed by atoms with E-state index in [4.69, 9.17) is 0 Å². The fourth-order valence-corrected chi connectivity index (χ4v) is 3.62. The van der Waals surface area contributed by atoms with Gasteiger partial charge in [0, 0.05) is 0 Å². The van der Waals surface area contributed by atoms with E-state index in [2.05, 4.69) is 13.8 Å². The summed E-state index contributed by atoms with van der Waals surface area (Å²) in [5.74, 6) is 4.45. The van der Waals surface area contributed by atoms with Crippen LogP contribution in [0.25, 0.3) is 0 Å². The second-order valence-electron chi connectivity index (χ2n) is 4.67. The smallest absolute Gasteiger partial charge is 0.0355 e. The molecule has 4 atom stereocenters. The summed E-state index contributed by atoms with van der Waals surface area (Å²) < 4.78 is 0. The van der Waals surface area contributed by atoms with Gasteiger partial charge in [-0.2, -0.15) is 0 Å². The molecule has 0 aromatic carbocycles. The van der Waals surface area contributed by atoms with Gasteiger partial charge < -0.3 is 0 Å². The maximum atomic E-state index is 2.46. The minimum atomic E-state index is 1.06. The van der Waals surface area contributed by atoms with Gasteiger partial charge in [0.25, 0.3) is 0 Å². The first kappa shape index (κ1) is 7.64. The average molecular weight is 152 g/mol. The fourth-order valence-electron chi connectivity index (χ4n) is 3.62. The molecule has 0 nitrogen and oxygen atoms in total. The molecule has 0 aromatic rings. The molecule has 2 rings (SSSR count). The van der Waals surface area contributed by atoms with E-state index in [0.29, 0.717) is 0 Å². The van der Waals surface area contributed by atoms with Crippen LogP contribution < -0.4 is 0 Å². The van der Waals surface area contributed by atoms with E-state index in [0.717, 1.165) is 23.7 Å². The van der Waals surface area contributed by atoms with Crippen LogP contribution in [0.3, 0.4) is 0 Å². The van der Waals surface area contributed by atoms with Crippen molar-refractivity contribution in [2.75, 3.05) is 0 Å². The summed E-state index contributed by atoms with van der Waals surface area (Å²) in [5.41, 5.74) is 0. The van der Waals surface area contributed by atoms with E-state index in [1.807, 2.05) is 0 Å². The molecule has 2 fully saturated rings. The van der Waals surface area contributed by atoms with Crippen LogP contribution in [0.2, 0.25) is 0 Å². The molecule has 0 N–H and O–H groups in total. The second kappa shape index (κ2) is 2.80. The molecule has 0 amide bonds. The number of fused-ring (bicyclic) bond motifs is 2. The van der Waals surface area contributed by atoms with Crippen molar-refractivity contribution in [1.29, 1.82) is 0 Å². The van der Waals surface area contributed by atoms with Crippen LogP contribution in [-0.2, 0) is 0 Å². The molecular formula is C11H20. The normalized spacial score (nSPS) is 48.5. The fraction of sp³-hybridized carbons (Fsp3) is 1.00. The summed E-state index contributed by atoms with van der Waals surface area (Å²) in [6.45, 7) is 4.80. The van der Waals surface area contributed by atoms with Crippen molar-refractivity contribution < 1.29 is 0 Å². The summed E-state index contributed by atoms with van der Waals surface area (Å²) in [6.07, 6.45) is 7.58. The maximum absolute atomic E-state index is 2.46. The van der Waals surface area contributed by atoms with Gasteiger partial charge in [0.15, 0.2) is 0 Å². The molecule has 0 aliphatic heterocycles. The third kappa shape index (κ3) is 1.11. The lowest BCUT2D eigenvalue weighted by atomic mass is 9.89. The van der Waals surface area contributed by atoms with Crippen LogP contribution in [0.5, 0.6) is 0 Å². The average Bonchev–Trinajstić information content (AvgIpc) is 2.46. The van der Waals surface area contributed by atoms with Crippen LogP contribution in [0.15, 0.2) is 0 Å². The van der Waals surface area contributed by atoms with Gasteiger partial charge in [-0.3, -0.25) is 0 Å². The topological polar surface area (TPSA) is 0 Å². The summed E-state index contributed by atoms with van der Waals surface area (Å²) in [5, 5.41) is 0. The third-order valence-electron chi connectivity index (χ3n) is 4.05. The standard InChI is InChI=1S/C11H20/c1-3-4-11-9-5-6-10(11)8(2)7-9/h8-11H,3-7H2,1-2H3. The SMILES string of the molecule is CCCC1C2CCC1C(C)C2. The zero-order chi connectivity index (χ0) is 7.84. The maximum Gasteiger partial charge on any atom is -0.0355 e. The molecule has 0 radical (unpaired) electrons. The predicted octanol–water partition coefficient (Wildman–Crippen LogP) is 3.47. The molecule has 64 valence electrons. The zero-order valence-corrected chi connectivity index (χ0v) is 7.84. The van der Waals surface area contributed by atoms with Gasteiger partial charge in [-0.25, -0.2) is 0 Å². The van der Waals surface area contributed by atoms with Crippen LogP contribution in [-0.4, -0.2) is 0 Å². The van der Waals surface area contributed by atoms with Crippen molar-refractivity contribution in [2.24, 2.45) is 23.7 Å². The van der Waals surface area contributed by atoms with E-state index in [-0.39, 0.29) is 0 Å². The van der Waals surface area contributed by atoms with Gasteiger partial charge in [-0.15, -0.1) is 0 Å². The molecule has 0 saturated heterocycles.